The van der Waals surface area contributed by atoms with Gasteiger partial charge >= 0.3 is 0 Å². The number of imidazole rings is 1. The summed E-state index contributed by atoms with van der Waals surface area (Å²) in [5.41, 5.74) is 2.65. The van der Waals surface area contributed by atoms with E-state index in [9.17, 15) is 13.2 Å². The molecule has 0 radical (unpaired) electrons. The molecule has 1 aliphatic rings. The van der Waals surface area contributed by atoms with Gasteiger partial charge in [-0.1, -0.05) is 35.3 Å². The van der Waals surface area contributed by atoms with Gasteiger partial charge in [0.1, 0.15) is 28.8 Å². The molecule has 0 bridgehead atoms. The number of pyridine rings is 1. The van der Waals surface area contributed by atoms with Gasteiger partial charge in [0.05, 0.1) is 17.0 Å². The molecule has 222 valence electrons. The number of carbonyl (C=O) groups excluding carboxylic acids is 1. The van der Waals surface area contributed by atoms with Crippen LogP contribution < -0.4 is 15.4 Å². The van der Waals surface area contributed by atoms with Gasteiger partial charge in [-0.05, 0) is 64.0 Å². The van der Waals surface area contributed by atoms with E-state index in [1.165, 1.54) is 16.4 Å². The molecule has 1 amide bonds. The van der Waals surface area contributed by atoms with Crippen LogP contribution in [0.5, 0.6) is 5.75 Å². The lowest BCUT2D eigenvalue weighted by Gasteiger charge is -2.24. The van der Waals surface area contributed by atoms with Crippen molar-refractivity contribution >= 4 is 50.0 Å². The summed E-state index contributed by atoms with van der Waals surface area (Å²) < 4.78 is 36.9. The molecule has 2 N–H and O–H groups in total. The van der Waals surface area contributed by atoms with E-state index < -0.39 is 16.1 Å². The number of benzene rings is 2. The molecular weight excluding hydrogens is 599 g/mol. The van der Waals surface area contributed by atoms with Gasteiger partial charge in [0.2, 0.25) is 15.9 Å². The van der Waals surface area contributed by atoms with Crippen LogP contribution in [-0.4, -0.2) is 65.9 Å². The number of amides is 1. The molecule has 5 rings (SSSR count). The lowest BCUT2D eigenvalue weighted by Crippen LogP contribution is -2.46. The molecule has 1 aliphatic heterocycles. The number of sulfonamides is 1. The SMILES string of the molecule is CNCCCNC(=O)C1CCCN1S(=O)(=O)c1ccc(Cl)c(COc2cccc3c(-n4ccnc4)cc(C)nc23)c1Cl. The summed E-state index contributed by atoms with van der Waals surface area (Å²) in [6.07, 6.45) is 7.02. The van der Waals surface area contributed by atoms with E-state index in [0.717, 1.165) is 29.7 Å². The second kappa shape index (κ2) is 13.0. The maximum absolute atomic E-state index is 13.8. The van der Waals surface area contributed by atoms with Gasteiger partial charge in [-0.25, -0.2) is 18.4 Å². The Hall–Kier alpha value is -3.22. The molecule has 1 atom stereocenters. The Kier molecular flexibility index (Phi) is 9.34. The second-order valence-electron chi connectivity index (χ2n) is 10.1. The molecule has 1 unspecified atom stereocenters. The Morgan fingerprint density at radius 1 is 1.19 bits per heavy atom. The number of hydrogen-bond donors (Lipinski definition) is 2. The Labute approximate surface area is 255 Å². The molecule has 1 fully saturated rings. The molecule has 2 aromatic carbocycles. The van der Waals surface area contributed by atoms with Gasteiger partial charge in [-0.2, -0.15) is 4.31 Å². The molecule has 0 saturated carbocycles. The monoisotopic (exact) mass is 630 g/mol. The quantitative estimate of drug-likeness (QED) is 0.234. The molecule has 10 nitrogen and oxygen atoms in total. The Morgan fingerprint density at radius 3 is 2.79 bits per heavy atom. The highest BCUT2D eigenvalue weighted by molar-refractivity contribution is 7.89. The maximum Gasteiger partial charge on any atom is 0.245 e. The number of fused-ring (bicyclic) bond motifs is 1. The van der Waals surface area contributed by atoms with Crippen molar-refractivity contribution in [3.8, 4) is 11.4 Å². The number of aromatic nitrogens is 3. The van der Waals surface area contributed by atoms with E-state index in [2.05, 4.69) is 15.6 Å². The molecular formula is C29H32Cl2N6O4S. The normalized spacial score (nSPS) is 15.8. The molecule has 1 saturated heterocycles. The molecule has 0 aliphatic carbocycles. The molecule has 0 spiro atoms. The number of halogens is 2. The van der Waals surface area contributed by atoms with E-state index in [0.29, 0.717) is 36.2 Å². The number of aryl methyl sites for hydroxylation is 1. The Morgan fingerprint density at radius 2 is 2.02 bits per heavy atom. The zero-order chi connectivity index (χ0) is 29.9. The molecule has 4 aromatic rings. The first-order valence-electron chi connectivity index (χ1n) is 13.6. The zero-order valence-corrected chi connectivity index (χ0v) is 25.6. The van der Waals surface area contributed by atoms with E-state index in [4.69, 9.17) is 32.9 Å². The first kappa shape index (κ1) is 30.2. The highest BCUT2D eigenvalue weighted by Crippen LogP contribution is 2.37. The minimum absolute atomic E-state index is 0.0361. The number of nitrogens with zero attached hydrogens (tertiary/aromatic N) is 4. The van der Waals surface area contributed by atoms with Gasteiger partial charge in [0.15, 0.2) is 0 Å². The van der Waals surface area contributed by atoms with Crippen LogP contribution in [0, 0.1) is 6.92 Å². The van der Waals surface area contributed by atoms with Gasteiger partial charge in [-0.3, -0.25) is 4.79 Å². The topological polar surface area (TPSA) is 118 Å². The second-order valence-corrected chi connectivity index (χ2v) is 12.7. The van der Waals surface area contributed by atoms with Crippen molar-refractivity contribution in [2.75, 3.05) is 26.7 Å². The van der Waals surface area contributed by atoms with Gasteiger partial charge in [0.25, 0.3) is 0 Å². The lowest BCUT2D eigenvalue weighted by atomic mass is 10.1. The van der Waals surface area contributed by atoms with Crippen LogP contribution in [0.4, 0.5) is 0 Å². The van der Waals surface area contributed by atoms with Crippen molar-refractivity contribution in [2.24, 2.45) is 0 Å². The first-order valence-corrected chi connectivity index (χ1v) is 15.8. The van der Waals surface area contributed by atoms with Crippen LogP contribution in [0.15, 0.2) is 60.0 Å². The third kappa shape index (κ3) is 6.11. The predicted molar refractivity (Wildman–Crippen MR) is 163 cm³/mol. The van der Waals surface area contributed by atoms with Gasteiger partial charge < -0.3 is 19.9 Å². The van der Waals surface area contributed by atoms with Crippen molar-refractivity contribution in [3.63, 3.8) is 0 Å². The summed E-state index contributed by atoms with van der Waals surface area (Å²) in [6, 6.07) is 9.62. The van der Waals surface area contributed by atoms with E-state index in [1.807, 2.05) is 42.9 Å². The summed E-state index contributed by atoms with van der Waals surface area (Å²) >= 11 is 13.2. The third-order valence-electron chi connectivity index (χ3n) is 7.21. The largest absolute Gasteiger partial charge is 0.487 e. The minimum Gasteiger partial charge on any atom is -0.487 e. The smallest absolute Gasteiger partial charge is 0.245 e. The average molecular weight is 632 g/mol. The van der Waals surface area contributed by atoms with E-state index in [-0.39, 0.29) is 34.0 Å². The molecule has 13 heteroatoms. The van der Waals surface area contributed by atoms with Crippen LogP contribution in [0.25, 0.3) is 16.6 Å². The molecule has 2 aromatic heterocycles. The minimum atomic E-state index is -4.10. The summed E-state index contributed by atoms with van der Waals surface area (Å²) in [6.45, 7) is 3.23. The average Bonchev–Trinajstić information content (AvgIpc) is 3.68. The van der Waals surface area contributed by atoms with Crippen molar-refractivity contribution in [2.45, 2.75) is 43.7 Å². The highest BCUT2D eigenvalue weighted by Gasteiger charge is 2.40. The van der Waals surface area contributed by atoms with Crippen molar-refractivity contribution in [1.82, 2.24) is 29.5 Å². The summed E-state index contributed by atoms with van der Waals surface area (Å²) in [7, 11) is -2.26. The molecule has 3 heterocycles. The van der Waals surface area contributed by atoms with Crippen LogP contribution >= 0.6 is 23.2 Å². The lowest BCUT2D eigenvalue weighted by molar-refractivity contribution is -0.124. The fourth-order valence-electron chi connectivity index (χ4n) is 5.13. The number of hydrogen-bond acceptors (Lipinski definition) is 7. The van der Waals surface area contributed by atoms with Crippen molar-refractivity contribution < 1.29 is 17.9 Å². The third-order valence-corrected chi connectivity index (χ3v) is 10.1. The van der Waals surface area contributed by atoms with Crippen molar-refractivity contribution in [3.05, 3.63) is 76.4 Å². The van der Waals surface area contributed by atoms with Crippen LogP contribution in [0.1, 0.15) is 30.5 Å². The number of nitrogens with one attached hydrogen (secondary N) is 2. The van der Waals surface area contributed by atoms with Gasteiger partial charge in [-0.15, -0.1) is 0 Å². The van der Waals surface area contributed by atoms with E-state index in [1.54, 1.807) is 18.6 Å². The molecule has 42 heavy (non-hydrogen) atoms. The number of ether oxygens (including phenoxy) is 1. The number of rotatable bonds is 11. The maximum atomic E-state index is 13.8. The van der Waals surface area contributed by atoms with Crippen LogP contribution in [0.3, 0.4) is 0 Å². The fourth-order valence-corrected chi connectivity index (χ4v) is 7.65. The van der Waals surface area contributed by atoms with Crippen LogP contribution in [0.2, 0.25) is 10.0 Å². The fraction of sp³-hybridized carbons (Fsp3) is 0.345. The summed E-state index contributed by atoms with van der Waals surface area (Å²) in [5, 5.41) is 6.96. The highest BCUT2D eigenvalue weighted by atomic mass is 35.5. The van der Waals surface area contributed by atoms with Crippen LogP contribution in [-0.2, 0) is 21.4 Å². The Balaban J connectivity index is 1.41. The van der Waals surface area contributed by atoms with Crippen molar-refractivity contribution in [1.29, 1.82) is 0 Å². The number of para-hydroxylation sites is 1. The summed E-state index contributed by atoms with van der Waals surface area (Å²) in [4.78, 5) is 21.6. The Bertz CT molecular complexity index is 1700. The summed E-state index contributed by atoms with van der Waals surface area (Å²) in [5.74, 6) is 0.183. The zero-order valence-electron chi connectivity index (χ0n) is 23.3. The first-order chi connectivity index (χ1) is 20.2. The van der Waals surface area contributed by atoms with Gasteiger partial charge in [0, 0.05) is 47.1 Å². The number of carbonyl (C=O) groups is 1. The van der Waals surface area contributed by atoms with E-state index >= 15 is 0 Å². The predicted octanol–water partition coefficient (Wildman–Crippen LogP) is 4.49. The standard InChI is InChI=1S/C29H32Cl2N6O4S/c1-19-16-24(36-15-13-33-18-36)20-6-3-8-25(28(20)35-19)41-17-21-22(30)9-10-26(27(21)31)42(39,40)37-14-4-7-23(37)29(38)34-12-5-11-32-2/h3,6,8-10,13,15-16,18,23,32H,4-5,7,11-12,14,17H2,1-2H3,(H,34,38).